The smallest absolute Gasteiger partial charge is 0.355 e. The Morgan fingerprint density at radius 2 is 1.81 bits per heavy atom. The van der Waals surface area contributed by atoms with Crippen LogP contribution in [0.5, 0.6) is 0 Å². The predicted octanol–water partition coefficient (Wildman–Crippen LogP) is 3.81. The lowest BCUT2D eigenvalue weighted by Gasteiger charge is -2.12. The highest BCUT2D eigenvalue weighted by Crippen LogP contribution is 2.51. The zero-order valence-corrected chi connectivity index (χ0v) is 13.9. The van der Waals surface area contributed by atoms with Crippen molar-refractivity contribution in [2.24, 2.45) is 5.92 Å². The number of hydrogen-bond donors (Lipinski definition) is 2. The van der Waals surface area contributed by atoms with E-state index in [-0.39, 0.29) is 17.4 Å². The minimum Gasteiger partial charge on any atom is -0.355 e. The van der Waals surface area contributed by atoms with Gasteiger partial charge >= 0.3 is 6.18 Å². The molecule has 1 saturated carbocycles. The molecule has 2 unspecified atom stereocenters. The molecule has 136 valence electrons. The first-order valence-electron chi connectivity index (χ1n) is 8.10. The van der Waals surface area contributed by atoms with Crippen molar-refractivity contribution in [1.29, 1.82) is 0 Å². The highest BCUT2D eigenvalue weighted by atomic mass is 19.4. The molecule has 2 amide bonds. The molecule has 2 N–H and O–H groups in total. The van der Waals surface area contributed by atoms with E-state index in [2.05, 4.69) is 10.6 Å². The maximum absolute atomic E-state index is 13.1. The third kappa shape index (κ3) is 3.71. The van der Waals surface area contributed by atoms with Crippen LogP contribution < -0.4 is 10.6 Å². The Bertz CT molecular complexity index is 849. The fourth-order valence-electron chi connectivity index (χ4n) is 3.02. The lowest BCUT2D eigenvalue weighted by atomic mass is 10.0. The molecule has 2 atom stereocenters. The zero-order valence-electron chi connectivity index (χ0n) is 13.9. The van der Waals surface area contributed by atoms with E-state index in [1.54, 1.807) is 24.3 Å². The summed E-state index contributed by atoms with van der Waals surface area (Å²) in [5.41, 5.74) is 0.284. The number of benzene rings is 2. The van der Waals surface area contributed by atoms with E-state index in [1.165, 1.54) is 25.2 Å². The Kier molecular flexibility index (Phi) is 4.71. The van der Waals surface area contributed by atoms with Gasteiger partial charge in [-0.25, -0.2) is 0 Å². The summed E-state index contributed by atoms with van der Waals surface area (Å²) < 4.78 is 39.4. The van der Waals surface area contributed by atoms with Crippen LogP contribution >= 0.6 is 0 Å². The van der Waals surface area contributed by atoms with Crippen LogP contribution in [0.2, 0.25) is 0 Å². The molecule has 2 aromatic rings. The van der Waals surface area contributed by atoms with Crippen molar-refractivity contribution < 1.29 is 22.8 Å². The maximum Gasteiger partial charge on any atom is 0.416 e. The van der Waals surface area contributed by atoms with Crippen LogP contribution in [0.3, 0.4) is 0 Å². The van der Waals surface area contributed by atoms with Gasteiger partial charge in [-0.2, -0.15) is 13.2 Å². The molecule has 26 heavy (non-hydrogen) atoms. The van der Waals surface area contributed by atoms with Gasteiger partial charge in [-0.3, -0.25) is 9.59 Å². The molecule has 0 radical (unpaired) electrons. The van der Waals surface area contributed by atoms with Crippen LogP contribution in [-0.2, 0) is 11.0 Å². The van der Waals surface area contributed by atoms with Crippen molar-refractivity contribution >= 4 is 17.5 Å². The Morgan fingerprint density at radius 3 is 2.50 bits per heavy atom. The Balaban J connectivity index is 1.72. The molecule has 2 aromatic carbocycles. The normalized spacial score (nSPS) is 18.9. The van der Waals surface area contributed by atoms with Gasteiger partial charge in [0.05, 0.1) is 5.56 Å². The summed E-state index contributed by atoms with van der Waals surface area (Å²) >= 11 is 0. The summed E-state index contributed by atoms with van der Waals surface area (Å²) in [5.74, 6) is -1.59. The molecule has 1 aliphatic rings. The van der Waals surface area contributed by atoms with Gasteiger partial charge in [0.25, 0.3) is 5.91 Å². The lowest BCUT2D eigenvalue weighted by molar-refractivity contribution is -0.138. The van der Waals surface area contributed by atoms with Crippen molar-refractivity contribution in [2.75, 3.05) is 12.4 Å². The van der Waals surface area contributed by atoms with Crippen LogP contribution in [0.25, 0.3) is 0 Å². The van der Waals surface area contributed by atoms with Gasteiger partial charge < -0.3 is 10.6 Å². The van der Waals surface area contributed by atoms with E-state index >= 15 is 0 Å². The van der Waals surface area contributed by atoms with Crippen molar-refractivity contribution in [1.82, 2.24) is 5.32 Å². The first-order chi connectivity index (χ1) is 12.3. The Hall–Kier alpha value is -2.83. The summed E-state index contributed by atoms with van der Waals surface area (Å²) in [5, 5.41) is 5.17. The summed E-state index contributed by atoms with van der Waals surface area (Å²) in [6.07, 6.45) is -4.07. The van der Waals surface area contributed by atoms with E-state index in [1.807, 2.05) is 0 Å². The minimum absolute atomic E-state index is 0.152. The fraction of sp³-hybridized carbons (Fsp3) is 0.263. The van der Waals surface area contributed by atoms with E-state index in [0.717, 1.165) is 6.07 Å². The first-order valence-corrected chi connectivity index (χ1v) is 8.10. The number of hydrogen-bond acceptors (Lipinski definition) is 2. The van der Waals surface area contributed by atoms with E-state index in [4.69, 9.17) is 0 Å². The second-order valence-corrected chi connectivity index (χ2v) is 6.18. The van der Waals surface area contributed by atoms with Crippen molar-refractivity contribution in [3.8, 4) is 0 Å². The average Bonchev–Trinajstić information content (AvgIpc) is 3.41. The van der Waals surface area contributed by atoms with Crippen molar-refractivity contribution in [3.05, 3.63) is 65.2 Å². The van der Waals surface area contributed by atoms with Crippen LogP contribution in [-0.4, -0.2) is 18.9 Å². The molecule has 0 bridgehead atoms. The standard InChI is InChI=1S/C19H17F3N2O2/c1-23-17(25)11-5-4-6-12(9-11)24-18(26)15-10-14(15)13-7-2-3-8-16(13)19(20,21)22/h2-9,14-15H,10H2,1H3,(H,23,25)(H,24,26). The topological polar surface area (TPSA) is 58.2 Å². The number of amides is 2. The number of carbonyl (C=O) groups excluding carboxylic acids is 2. The molecule has 0 saturated heterocycles. The van der Waals surface area contributed by atoms with Crippen LogP contribution in [0.4, 0.5) is 18.9 Å². The van der Waals surface area contributed by atoms with Crippen LogP contribution in [0.1, 0.15) is 33.8 Å². The molecular weight excluding hydrogens is 345 g/mol. The number of halogens is 3. The number of alkyl halides is 3. The van der Waals surface area contributed by atoms with E-state index in [9.17, 15) is 22.8 Å². The second kappa shape index (κ2) is 6.82. The number of rotatable bonds is 4. The first kappa shape index (κ1) is 18.0. The van der Waals surface area contributed by atoms with Gasteiger partial charge in [0, 0.05) is 24.2 Å². The highest BCUT2D eigenvalue weighted by Gasteiger charge is 2.47. The molecule has 1 fully saturated rings. The monoisotopic (exact) mass is 362 g/mol. The lowest BCUT2D eigenvalue weighted by Crippen LogP contribution is -2.19. The van der Waals surface area contributed by atoms with Gasteiger partial charge in [-0.05, 0) is 42.2 Å². The molecule has 1 aliphatic carbocycles. The SMILES string of the molecule is CNC(=O)c1cccc(NC(=O)C2CC2c2ccccc2C(F)(F)F)c1. The number of nitrogens with one attached hydrogen (secondary N) is 2. The van der Waals surface area contributed by atoms with Gasteiger partial charge in [0.1, 0.15) is 0 Å². The maximum atomic E-state index is 13.1. The summed E-state index contributed by atoms with van der Waals surface area (Å²) in [7, 11) is 1.50. The van der Waals surface area contributed by atoms with Gasteiger partial charge in [-0.15, -0.1) is 0 Å². The quantitative estimate of drug-likeness (QED) is 0.869. The minimum atomic E-state index is -4.44. The Morgan fingerprint density at radius 1 is 1.08 bits per heavy atom. The molecule has 0 heterocycles. The van der Waals surface area contributed by atoms with Gasteiger partial charge in [-0.1, -0.05) is 24.3 Å². The predicted molar refractivity (Wildman–Crippen MR) is 90.8 cm³/mol. The molecule has 0 spiro atoms. The average molecular weight is 362 g/mol. The third-order valence-electron chi connectivity index (χ3n) is 4.41. The highest BCUT2D eigenvalue weighted by molar-refractivity contribution is 5.98. The number of anilines is 1. The molecule has 4 nitrogen and oxygen atoms in total. The summed E-state index contributed by atoms with van der Waals surface area (Å²) in [4.78, 5) is 24.0. The molecule has 3 rings (SSSR count). The second-order valence-electron chi connectivity index (χ2n) is 6.18. The van der Waals surface area contributed by atoms with Crippen LogP contribution in [0, 0.1) is 5.92 Å². The molecule has 0 aromatic heterocycles. The van der Waals surface area contributed by atoms with Crippen molar-refractivity contribution in [2.45, 2.75) is 18.5 Å². The summed E-state index contributed by atoms with van der Waals surface area (Å²) in [6, 6.07) is 11.7. The van der Waals surface area contributed by atoms with Gasteiger partial charge in [0.2, 0.25) is 5.91 Å². The van der Waals surface area contributed by atoms with Gasteiger partial charge in [0.15, 0.2) is 0 Å². The number of carbonyl (C=O) groups is 2. The zero-order chi connectivity index (χ0) is 18.9. The van der Waals surface area contributed by atoms with Crippen LogP contribution in [0.15, 0.2) is 48.5 Å². The van der Waals surface area contributed by atoms with Crippen molar-refractivity contribution in [3.63, 3.8) is 0 Å². The molecule has 0 aliphatic heterocycles. The van der Waals surface area contributed by atoms with E-state index in [0.29, 0.717) is 17.7 Å². The third-order valence-corrected chi connectivity index (χ3v) is 4.41. The van der Waals surface area contributed by atoms with E-state index < -0.39 is 23.6 Å². The Labute approximate surface area is 148 Å². The molecular formula is C19H17F3N2O2. The fourth-order valence-corrected chi connectivity index (χ4v) is 3.02. The largest absolute Gasteiger partial charge is 0.416 e. The summed E-state index contributed by atoms with van der Waals surface area (Å²) in [6.45, 7) is 0. The molecule has 7 heteroatoms.